The first kappa shape index (κ1) is 13.5. The molecule has 1 amide bonds. The van der Waals surface area contributed by atoms with Gasteiger partial charge in [-0.1, -0.05) is 27.7 Å². The largest absolute Gasteiger partial charge is 0.392 e. The first-order chi connectivity index (χ1) is 7.34. The number of aliphatic hydroxyl groups is 1. The van der Waals surface area contributed by atoms with Crippen LogP contribution in [-0.4, -0.2) is 36.2 Å². The fraction of sp³-hybridized carbons (Fsp3) is 0.917. The summed E-state index contributed by atoms with van der Waals surface area (Å²) in [6, 6.07) is 0.243. The lowest BCUT2D eigenvalue weighted by molar-refractivity contribution is -0.122. The Morgan fingerprint density at radius 3 is 2.56 bits per heavy atom. The molecule has 0 aromatic rings. The minimum atomic E-state index is -0.247. The molecule has 0 aromatic heterocycles. The summed E-state index contributed by atoms with van der Waals surface area (Å²) in [6.45, 7) is 9.23. The summed E-state index contributed by atoms with van der Waals surface area (Å²) in [7, 11) is 0. The fourth-order valence-corrected chi connectivity index (χ4v) is 1.85. The number of amides is 1. The van der Waals surface area contributed by atoms with Crippen molar-refractivity contribution in [3.63, 3.8) is 0 Å². The fourth-order valence-electron chi connectivity index (χ4n) is 1.85. The van der Waals surface area contributed by atoms with E-state index < -0.39 is 0 Å². The molecule has 0 aliphatic heterocycles. The Morgan fingerprint density at radius 2 is 2.12 bits per heavy atom. The lowest BCUT2D eigenvalue weighted by Gasteiger charge is -2.49. The van der Waals surface area contributed by atoms with Crippen LogP contribution in [0.1, 0.15) is 34.1 Å². The van der Waals surface area contributed by atoms with Crippen molar-refractivity contribution >= 4 is 5.91 Å². The van der Waals surface area contributed by atoms with E-state index in [0.29, 0.717) is 12.5 Å². The molecular weight excluding hydrogens is 204 g/mol. The van der Waals surface area contributed by atoms with E-state index in [1.54, 1.807) is 0 Å². The number of carbonyl (C=O) groups excluding carboxylic acids is 1. The van der Waals surface area contributed by atoms with Gasteiger partial charge in [0.25, 0.3) is 0 Å². The zero-order valence-corrected chi connectivity index (χ0v) is 10.7. The van der Waals surface area contributed by atoms with Crippen LogP contribution in [0.15, 0.2) is 0 Å². The van der Waals surface area contributed by atoms with Crippen molar-refractivity contribution in [3.8, 4) is 0 Å². The average Bonchev–Trinajstić information content (AvgIpc) is 2.20. The third-order valence-corrected chi connectivity index (χ3v) is 3.43. The molecule has 4 nitrogen and oxygen atoms in total. The van der Waals surface area contributed by atoms with Crippen molar-refractivity contribution in [2.45, 2.75) is 46.3 Å². The molecule has 94 valence electrons. The van der Waals surface area contributed by atoms with Gasteiger partial charge in [0.1, 0.15) is 0 Å². The van der Waals surface area contributed by atoms with Gasteiger partial charge in [-0.25, -0.2) is 0 Å². The molecule has 1 aliphatic carbocycles. The molecule has 0 spiro atoms. The molecule has 0 saturated heterocycles. The number of carbonyl (C=O) groups is 1. The molecule has 4 heteroatoms. The van der Waals surface area contributed by atoms with Gasteiger partial charge in [0, 0.05) is 18.0 Å². The molecule has 0 aromatic carbocycles. The molecule has 16 heavy (non-hydrogen) atoms. The second-order valence-electron chi connectivity index (χ2n) is 5.70. The van der Waals surface area contributed by atoms with Crippen molar-refractivity contribution in [1.29, 1.82) is 0 Å². The van der Waals surface area contributed by atoms with E-state index >= 15 is 0 Å². The van der Waals surface area contributed by atoms with Crippen LogP contribution in [0, 0.1) is 11.3 Å². The smallest absolute Gasteiger partial charge is 0.233 e. The minimum Gasteiger partial charge on any atom is -0.392 e. The molecular formula is C12H24N2O2. The zero-order chi connectivity index (χ0) is 12.3. The van der Waals surface area contributed by atoms with Gasteiger partial charge in [0.15, 0.2) is 0 Å². The van der Waals surface area contributed by atoms with Crippen LogP contribution in [0.5, 0.6) is 0 Å². The van der Waals surface area contributed by atoms with Gasteiger partial charge in [-0.15, -0.1) is 0 Å². The van der Waals surface area contributed by atoms with E-state index in [-0.39, 0.29) is 23.5 Å². The minimum absolute atomic E-state index is 0.0332. The van der Waals surface area contributed by atoms with Gasteiger partial charge in [0.05, 0.1) is 12.6 Å². The molecule has 0 heterocycles. The summed E-state index contributed by atoms with van der Waals surface area (Å²) < 4.78 is 0. The molecule has 1 fully saturated rings. The first-order valence-corrected chi connectivity index (χ1v) is 6.02. The van der Waals surface area contributed by atoms with Crippen LogP contribution >= 0.6 is 0 Å². The highest BCUT2D eigenvalue weighted by atomic mass is 16.3. The highest BCUT2D eigenvalue weighted by molar-refractivity contribution is 5.78. The Morgan fingerprint density at radius 1 is 1.50 bits per heavy atom. The SMILES string of the molecule is CC(C)CNC(=O)CNC1CC(O)C1(C)C. The third-order valence-electron chi connectivity index (χ3n) is 3.43. The van der Waals surface area contributed by atoms with E-state index in [1.165, 1.54) is 0 Å². The van der Waals surface area contributed by atoms with Crippen molar-refractivity contribution in [2.24, 2.45) is 11.3 Å². The van der Waals surface area contributed by atoms with E-state index in [1.807, 2.05) is 13.8 Å². The van der Waals surface area contributed by atoms with Gasteiger partial charge in [-0.3, -0.25) is 4.79 Å². The highest BCUT2D eigenvalue weighted by Gasteiger charge is 2.46. The normalized spacial score (nSPS) is 27.6. The van der Waals surface area contributed by atoms with Crippen molar-refractivity contribution < 1.29 is 9.90 Å². The van der Waals surface area contributed by atoms with Crippen LogP contribution in [0.2, 0.25) is 0 Å². The number of rotatable bonds is 5. The number of aliphatic hydroxyl groups excluding tert-OH is 1. The highest BCUT2D eigenvalue weighted by Crippen LogP contribution is 2.40. The lowest BCUT2D eigenvalue weighted by Crippen LogP contribution is -2.61. The molecule has 1 aliphatic rings. The second-order valence-corrected chi connectivity index (χ2v) is 5.70. The standard InChI is InChI=1S/C12H24N2O2/c1-8(2)6-14-11(16)7-13-9-5-10(15)12(9,3)4/h8-10,13,15H,5-7H2,1-4H3,(H,14,16). The van der Waals surface area contributed by atoms with Gasteiger partial charge >= 0.3 is 0 Å². The zero-order valence-electron chi connectivity index (χ0n) is 10.7. The summed E-state index contributed by atoms with van der Waals surface area (Å²) in [5, 5.41) is 15.6. The Balaban J connectivity index is 2.18. The van der Waals surface area contributed by atoms with E-state index in [4.69, 9.17) is 0 Å². The quantitative estimate of drug-likeness (QED) is 0.642. The van der Waals surface area contributed by atoms with Crippen LogP contribution in [0.4, 0.5) is 0 Å². The Kier molecular flexibility index (Phi) is 4.33. The average molecular weight is 228 g/mol. The van der Waals surface area contributed by atoms with Crippen LogP contribution < -0.4 is 10.6 Å². The summed E-state index contributed by atoms with van der Waals surface area (Å²) in [4.78, 5) is 11.4. The Labute approximate surface area is 97.8 Å². The molecule has 2 atom stereocenters. The number of hydrogen-bond acceptors (Lipinski definition) is 3. The second kappa shape index (κ2) is 5.15. The Bertz CT molecular complexity index is 251. The first-order valence-electron chi connectivity index (χ1n) is 6.02. The Hall–Kier alpha value is -0.610. The van der Waals surface area contributed by atoms with E-state index in [2.05, 4.69) is 24.5 Å². The predicted molar refractivity (Wildman–Crippen MR) is 64.0 cm³/mol. The molecule has 0 bridgehead atoms. The summed E-state index contributed by atoms with van der Waals surface area (Å²) >= 11 is 0. The van der Waals surface area contributed by atoms with Crippen molar-refractivity contribution in [2.75, 3.05) is 13.1 Å². The maximum absolute atomic E-state index is 11.4. The van der Waals surface area contributed by atoms with Crippen LogP contribution in [0.3, 0.4) is 0 Å². The van der Waals surface area contributed by atoms with Crippen LogP contribution in [-0.2, 0) is 4.79 Å². The third kappa shape index (κ3) is 3.19. The predicted octanol–water partition coefficient (Wildman–Crippen LogP) is 0.508. The summed E-state index contributed by atoms with van der Waals surface area (Å²) in [6.07, 6.45) is 0.494. The van der Waals surface area contributed by atoms with Gasteiger partial charge < -0.3 is 15.7 Å². The molecule has 3 N–H and O–H groups in total. The van der Waals surface area contributed by atoms with Gasteiger partial charge in [0.2, 0.25) is 5.91 Å². The maximum atomic E-state index is 11.4. The van der Waals surface area contributed by atoms with Gasteiger partial charge in [-0.05, 0) is 12.3 Å². The molecule has 1 saturated carbocycles. The van der Waals surface area contributed by atoms with E-state index in [0.717, 1.165) is 13.0 Å². The topological polar surface area (TPSA) is 61.4 Å². The number of nitrogens with one attached hydrogen (secondary N) is 2. The number of hydrogen-bond donors (Lipinski definition) is 3. The summed E-state index contributed by atoms with van der Waals surface area (Å²) in [5.41, 5.74) is -0.113. The van der Waals surface area contributed by atoms with Crippen molar-refractivity contribution in [3.05, 3.63) is 0 Å². The summed E-state index contributed by atoms with van der Waals surface area (Å²) in [5.74, 6) is 0.511. The maximum Gasteiger partial charge on any atom is 0.233 e. The van der Waals surface area contributed by atoms with Gasteiger partial charge in [-0.2, -0.15) is 0 Å². The van der Waals surface area contributed by atoms with E-state index in [9.17, 15) is 9.90 Å². The lowest BCUT2D eigenvalue weighted by atomic mass is 9.64. The van der Waals surface area contributed by atoms with Crippen molar-refractivity contribution in [1.82, 2.24) is 10.6 Å². The monoisotopic (exact) mass is 228 g/mol. The molecule has 1 rings (SSSR count). The molecule has 2 unspecified atom stereocenters. The van der Waals surface area contributed by atoms with Crippen LogP contribution in [0.25, 0.3) is 0 Å². The molecule has 0 radical (unpaired) electrons.